The van der Waals surface area contributed by atoms with Crippen molar-refractivity contribution in [3.8, 4) is 0 Å². The fourth-order valence-electron chi connectivity index (χ4n) is 2.66. The molecule has 2 aromatic rings. The van der Waals surface area contributed by atoms with Gasteiger partial charge in [-0.1, -0.05) is 30.3 Å². The summed E-state index contributed by atoms with van der Waals surface area (Å²) in [4.78, 5) is 12.9. The normalized spacial score (nSPS) is 10.5. The van der Waals surface area contributed by atoms with Gasteiger partial charge in [-0.2, -0.15) is 0 Å². The van der Waals surface area contributed by atoms with Crippen molar-refractivity contribution in [2.45, 2.75) is 26.8 Å². The number of anilines is 1. The van der Waals surface area contributed by atoms with Crippen molar-refractivity contribution < 1.29 is 14.3 Å². The third-order valence-corrected chi connectivity index (χ3v) is 3.61. The molecule has 0 saturated carbocycles. The zero-order valence-electron chi connectivity index (χ0n) is 12.8. The van der Waals surface area contributed by atoms with E-state index in [-0.39, 0.29) is 12.2 Å². The van der Waals surface area contributed by atoms with Crippen LogP contribution in [-0.2, 0) is 11.3 Å². The van der Waals surface area contributed by atoms with E-state index in [4.69, 9.17) is 5.11 Å². The number of para-hydroxylation sites is 1. The second-order valence-corrected chi connectivity index (χ2v) is 5.44. The Morgan fingerprint density at radius 3 is 2.36 bits per heavy atom. The van der Waals surface area contributed by atoms with Crippen LogP contribution in [0, 0.1) is 19.7 Å². The molecule has 1 N–H and O–H groups in total. The van der Waals surface area contributed by atoms with Crippen LogP contribution in [0.3, 0.4) is 0 Å². The van der Waals surface area contributed by atoms with Gasteiger partial charge in [0.15, 0.2) is 0 Å². The van der Waals surface area contributed by atoms with Gasteiger partial charge in [-0.25, -0.2) is 4.39 Å². The quantitative estimate of drug-likeness (QED) is 0.879. The van der Waals surface area contributed by atoms with Crippen LogP contribution in [0.1, 0.15) is 23.1 Å². The summed E-state index contributed by atoms with van der Waals surface area (Å²) in [7, 11) is 0. The lowest BCUT2D eigenvalue weighted by Gasteiger charge is -2.28. The number of carboxylic acid groups (broad SMARTS) is 1. The zero-order valence-corrected chi connectivity index (χ0v) is 12.8. The molecule has 0 fully saturated rings. The van der Waals surface area contributed by atoms with Crippen molar-refractivity contribution in [1.82, 2.24) is 0 Å². The number of rotatable bonds is 6. The minimum Gasteiger partial charge on any atom is -0.481 e. The number of carboxylic acids is 1. The van der Waals surface area contributed by atoms with Crippen molar-refractivity contribution >= 4 is 11.7 Å². The van der Waals surface area contributed by atoms with Gasteiger partial charge in [0.2, 0.25) is 0 Å². The number of halogens is 1. The number of hydrogen-bond donors (Lipinski definition) is 1. The highest BCUT2D eigenvalue weighted by molar-refractivity contribution is 5.68. The van der Waals surface area contributed by atoms with Crippen LogP contribution in [-0.4, -0.2) is 17.6 Å². The molecule has 2 rings (SSSR count). The minimum absolute atomic E-state index is 0.0447. The second-order valence-electron chi connectivity index (χ2n) is 5.44. The van der Waals surface area contributed by atoms with Crippen LogP contribution in [0.5, 0.6) is 0 Å². The standard InChI is InChI=1S/C18H20FNO2/c1-13-5-3-6-14(2)18(13)20(10-9-17(21)22)12-15-7-4-8-16(19)11-15/h3-8,11H,9-10,12H2,1-2H3,(H,21,22). The summed E-state index contributed by atoms with van der Waals surface area (Å²) in [5, 5.41) is 8.97. The maximum Gasteiger partial charge on any atom is 0.305 e. The minimum atomic E-state index is -0.838. The van der Waals surface area contributed by atoms with Crippen LogP contribution < -0.4 is 4.90 Å². The predicted molar refractivity (Wildman–Crippen MR) is 85.6 cm³/mol. The van der Waals surface area contributed by atoms with Gasteiger partial charge in [0.25, 0.3) is 0 Å². The van der Waals surface area contributed by atoms with Crippen molar-refractivity contribution in [3.63, 3.8) is 0 Å². The smallest absolute Gasteiger partial charge is 0.305 e. The van der Waals surface area contributed by atoms with E-state index >= 15 is 0 Å². The molecular formula is C18H20FNO2. The van der Waals surface area contributed by atoms with Crippen LogP contribution in [0.15, 0.2) is 42.5 Å². The number of carbonyl (C=O) groups is 1. The molecule has 0 amide bonds. The highest BCUT2D eigenvalue weighted by Gasteiger charge is 2.14. The first-order chi connectivity index (χ1) is 10.5. The van der Waals surface area contributed by atoms with Gasteiger partial charge < -0.3 is 10.0 Å². The van der Waals surface area contributed by atoms with Gasteiger partial charge in [0.05, 0.1) is 6.42 Å². The fourth-order valence-corrected chi connectivity index (χ4v) is 2.66. The largest absolute Gasteiger partial charge is 0.481 e. The van der Waals surface area contributed by atoms with Gasteiger partial charge >= 0.3 is 5.97 Å². The Labute approximate surface area is 130 Å². The first kappa shape index (κ1) is 16.0. The predicted octanol–water partition coefficient (Wildman–Crippen LogP) is 3.92. The molecule has 3 nitrogen and oxygen atoms in total. The number of aryl methyl sites for hydroxylation is 2. The molecule has 22 heavy (non-hydrogen) atoms. The maximum atomic E-state index is 13.4. The Hall–Kier alpha value is -2.36. The zero-order chi connectivity index (χ0) is 16.1. The summed E-state index contributed by atoms with van der Waals surface area (Å²) in [6, 6.07) is 12.4. The topological polar surface area (TPSA) is 40.5 Å². The maximum absolute atomic E-state index is 13.4. The molecule has 0 radical (unpaired) electrons. The Bertz CT molecular complexity index is 650. The number of benzene rings is 2. The Kier molecular flexibility index (Phi) is 5.15. The highest BCUT2D eigenvalue weighted by Crippen LogP contribution is 2.26. The van der Waals surface area contributed by atoms with E-state index in [0.29, 0.717) is 13.1 Å². The van der Waals surface area contributed by atoms with Gasteiger partial charge in [0, 0.05) is 18.8 Å². The second kappa shape index (κ2) is 7.07. The summed E-state index contributed by atoms with van der Waals surface area (Å²) >= 11 is 0. The van der Waals surface area contributed by atoms with E-state index in [1.165, 1.54) is 12.1 Å². The van der Waals surface area contributed by atoms with Crippen LogP contribution >= 0.6 is 0 Å². The van der Waals surface area contributed by atoms with Crippen molar-refractivity contribution in [2.75, 3.05) is 11.4 Å². The molecular weight excluding hydrogens is 281 g/mol. The third kappa shape index (κ3) is 4.07. The fraction of sp³-hybridized carbons (Fsp3) is 0.278. The summed E-state index contributed by atoms with van der Waals surface area (Å²) in [6.07, 6.45) is 0.0447. The van der Waals surface area contributed by atoms with E-state index in [1.807, 2.05) is 43.0 Å². The van der Waals surface area contributed by atoms with E-state index in [9.17, 15) is 9.18 Å². The number of nitrogens with zero attached hydrogens (tertiary/aromatic N) is 1. The van der Waals surface area contributed by atoms with Gasteiger partial charge in [0.1, 0.15) is 5.82 Å². The first-order valence-corrected chi connectivity index (χ1v) is 7.25. The van der Waals surface area contributed by atoms with Crippen LogP contribution in [0.25, 0.3) is 0 Å². The summed E-state index contributed by atoms with van der Waals surface area (Å²) in [5.74, 6) is -1.12. The molecule has 116 valence electrons. The SMILES string of the molecule is Cc1cccc(C)c1N(CCC(=O)O)Cc1cccc(F)c1. The van der Waals surface area contributed by atoms with Gasteiger partial charge in [-0.3, -0.25) is 4.79 Å². The van der Waals surface area contributed by atoms with Crippen molar-refractivity contribution in [3.05, 3.63) is 65.0 Å². The average molecular weight is 301 g/mol. The molecule has 0 aliphatic heterocycles. The summed E-state index contributed by atoms with van der Waals surface area (Å²) < 4.78 is 13.4. The lowest BCUT2D eigenvalue weighted by molar-refractivity contribution is -0.136. The first-order valence-electron chi connectivity index (χ1n) is 7.25. The Balaban J connectivity index is 2.32. The number of aliphatic carboxylic acids is 1. The molecule has 0 aliphatic carbocycles. The van der Waals surface area contributed by atoms with Crippen LogP contribution in [0.4, 0.5) is 10.1 Å². The van der Waals surface area contributed by atoms with Crippen molar-refractivity contribution in [1.29, 1.82) is 0 Å². The molecule has 0 atom stereocenters. The highest BCUT2D eigenvalue weighted by atomic mass is 19.1. The monoisotopic (exact) mass is 301 g/mol. The van der Waals surface area contributed by atoms with Gasteiger partial charge in [-0.15, -0.1) is 0 Å². The molecule has 0 aromatic heterocycles. The van der Waals surface area contributed by atoms with Crippen LogP contribution in [0.2, 0.25) is 0 Å². The molecule has 4 heteroatoms. The lowest BCUT2D eigenvalue weighted by Crippen LogP contribution is -2.27. The van der Waals surface area contributed by atoms with Crippen molar-refractivity contribution in [2.24, 2.45) is 0 Å². The summed E-state index contributed by atoms with van der Waals surface area (Å²) in [6.45, 7) is 4.87. The molecule has 0 spiro atoms. The molecule has 0 unspecified atom stereocenters. The molecule has 0 bridgehead atoms. The Morgan fingerprint density at radius 1 is 1.14 bits per heavy atom. The van der Waals surface area contributed by atoms with Gasteiger partial charge in [-0.05, 0) is 42.7 Å². The molecule has 0 saturated heterocycles. The lowest BCUT2D eigenvalue weighted by atomic mass is 10.1. The van der Waals surface area contributed by atoms with E-state index < -0.39 is 5.97 Å². The molecule has 2 aromatic carbocycles. The number of hydrogen-bond acceptors (Lipinski definition) is 2. The Morgan fingerprint density at radius 2 is 1.77 bits per heavy atom. The third-order valence-electron chi connectivity index (χ3n) is 3.61. The molecule has 0 aliphatic rings. The van der Waals surface area contributed by atoms with E-state index in [0.717, 1.165) is 22.4 Å². The average Bonchev–Trinajstić information content (AvgIpc) is 2.44. The van der Waals surface area contributed by atoms with E-state index in [2.05, 4.69) is 0 Å². The van der Waals surface area contributed by atoms with E-state index in [1.54, 1.807) is 6.07 Å². The molecule has 0 heterocycles. The summed E-state index contributed by atoms with van der Waals surface area (Å²) in [5.41, 5.74) is 4.02.